The first-order valence-corrected chi connectivity index (χ1v) is 4.98. The van der Waals surface area contributed by atoms with Crippen LogP contribution in [0, 0.1) is 5.92 Å². The van der Waals surface area contributed by atoms with Gasteiger partial charge in [0.2, 0.25) is 0 Å². The maximum Gasteiger partial charge on any atom is 0.169 e. The molecule has 0 amide bonds. The zero-order valence-corrected chi connectivity index (χ0v) is 8.58. The fourth-order valence-electron chi connectivity index (χ4n) is 1.88. The number of carbonyl (C=O) groups excluding carboxylic acids is 1. The molecule has 2 atom stereocenters. The van der Waals surface area contributed by atoms with Crippen LogP contribution in [-0.2, 0) is 6.42 Å². The molecule has 0 radical (unpaired) electrons. The van der Waals surface area contributed by atoms with Crippen LogP contribution in [-0.4, -0.2) is 17.0 Å². The Bertz CT molecular complexity index is 385. The fourth-order valence-corrected chi connectivity index (χ4v) is 2.05. The highest BCUT2D eigenvalue weighted by Crippen LogP contribution is 2.30. The first kappa shape index (κ1) is 9.69. The molecule has 0 aromatic heterocycles. The summed E-state index contributed by atoms with van der Waals surface area (Å²) in [6, 6.07) is 5.32. The molecule has 0 saturated carbocycles. The van der Waals surface area contributed by atoms with Gasteiger partial charge in [0, 0.05) is 10.6 Å². The van der Waals surface area contributed by atoms with Gasteiger partial charge in [0.15, 0.2) is 5.78 Å². The van der Waals surface area contributed by atoms with Crippen LogP contribution in [0.15, 0.2) is 18.2 Å². The maximum atomic E-state index is 11.8. The Kier molecular flexibility index (Phi) is 2.33. The lowest BCUT2D eigenvalue weighted by Gasteiger charge is -2.09. The van der Waals surface area contributed by atoms with Gasteiger partial charge in [-0.1, -0.05) is 17.7 Å². The minimum absolute atomic E-state index is 0.0116. The molecule has 1 N–H and O–H groups in total. The lowest BCUT2D eigenvalue weighted by molar-refractivity contribution is 0.0758. The van der Waals surface area contributed by atoms with Crippen molar-refractivity contribution in [1.82, 2.24) is 0 Å². The number of fused-ring (bicyclic) bond motifs is 1. The van der Waals surface area contributed by atoms with Crippen molar-refractivity contribution < 1.29 is 9.90 Å². The van der Waals surface area contributed by atoms with Crippen molar-refractivity contribution in [2.45, 2.75) is 19.4 Å². The molecule has 3 heteroatoms. The molecule has 0 aliphatic heterocycles. The van der Waals surface area contributed by atoms with Crippen molar-refractivity contribution in [2.24, 2.45) is 5.92 Å². The van der Waals surface area contributed by atoms with Crippen LogP contribution in [0.1, 0.15) is 22.8 Å². The third kappa shape index (κ3) is 1.45. The van der Waals surface area contributed by atoms with E-state index in [0.29, 0.717) is 17.0 Å². The fraction of sp³-hybridized carbons (Fsp3) is 0.364. The number of halogens is 1. The van der Waals surface area contributed by atoms with E-state index in [0.717, 1.165) is 5.56 Å². The molecule has 1 aromatic carbocycles. The Morgan fingerprint density at radius 2 is 2.29 bits per heavy atom. The largest absolute Gasteiger partial charge is 0.393 e. The Morgan fingerprint density at radius 3 is 2.93 bits per heavy atom. The van der Waals surface area contributed by atoms with E-state index in [1.165, 1.54) is 0 Å². The van der Waals surface area contributed by atoms with Crippen LogP contribution in [0.3, 0.4) is 0 Å². The summed E-state index contributed by atoms with van der Waals surface area (Å²) < 4.78 is 0. The van der Waals surface area contributed by atoms with Crippen molar-refractivity contribution >= 4 is 17.4 Å². The number of rotatable bonds is 1. The zero-order chi connectivity index (χ0) is 10.3. The van der Waals surface area contributed by atoms with Crippen molar-refractivity contribution in [3.05, 3.63) is 34.3 Å². The standard InChI is InChI=1S/C11H11ClO2/c1-6(13)9-4-7-2-3-8(12)5-10(7)11(9)14/h2-3,5-6,9,13H,4H2,1H3. The molecular formula is C11H11ClO2. The molecule has 0 heterocycles. The summed E-state index contributed by atoms with van der Waals surface area (Å²) in [4.78, 5) is 11.8. The lowest BCUT2D eigenvalue weighted by atomic mass is 10.00. The van der Waals surface area contributed by atoms with Crippen molar-refractivity contribution in [3.8, 4) is 0 Å². The van der Waals surface area contributed by atoms with Crippen molar-refractivity contribution in [2.75, 3.05) is 0 Å². The highest BCUT2D eigenvalue weighted by Gasteiger charge is 2.33. The molecule has 2 rings (SSSR count). The summed E-state index contributed by atoms with van der Waals surface area (Å²) in [5, 5.41) is 9.98. The van der Waals surface area contributed by atoms with Gasteiger partial charge < -0.3 is 5.11 Å². The Balaban J connectivity index is 2.41. The van der Waals surface area contributed by atoms with Gasteiger partial charge in [0.25, 0.3) is 0 Å². The SMILES string of the molecule is CC(O)C1Cc2ccc(Cl)cc2C1=O. The molecule has 2 unspecified atom stereocenters. The number of benzene rings is 1. The summed E-state index contributed by atoms with van der Waals surface area (Å²) in [7, 11) is 0. The number of hydrogen-bond donors (Lipinski definition) is 1. The molecule has 0 spiro atoms. The summed E-state index contributed by atoms with van der Waals surface area (Å²) >= 11 is 5.80. The van der Waals surface area contributed by atoms with Crippen LogP contribution in [0.4, 0.5) is 0 Å². The maximum absolute atomic E-state index is 11.8. The van der Waals surface area contributed by atoms with Crippen LogP contribution < -0.4 is 0 Å². The van der Waals surface area contributed by atoms with E-state index in [4.69, 9.17) is 11.6 Å². The van der Waals surface area contributed by atoms with E-state index in [-0.39, 0.29) is 11.7 Å². The monoisotopic (exact) mass is 210 g/mol. The van der Waals surface area contributed by atoms with Gasteiger partial charge in [-0.25, -0.2) is 0 Å². The first-order valence-electron chi connectivity index (χ1n) is 4.60. The molecule has 0 saturated heterocycles. The van der Waals surface area contributed by atoms with Crippen LogP contribution >= 0.6 is 11.6 Å². The quantitative estimate of drug-likeness (QED) is 0.771. The number of hydrogen-bond acceptors (Lipinski definition) is 2. The summed E-state index contributed by atoms with van der Waals surface area (Å²) in [5.41, 5.74) is 1.66. The summed E-state index contributed by atoms with van der Waals surface area (Å²) in [6.07, 6.45) is 0.0388. The molecule has 0 bridgehead atoms. The predicted octanol–water partition coefficient (Wildman–Crippen LogP) is 2.08. The molecule has 14 heavy (non-hydrogen) atoms. The number of ketones is 1. The van der Waals surface area contributed by atoms with Gasteiger partial charge >= 0.3 is 0 Å². The van der Waals surface area contributed by atoms with E-state index in [2.05, 4.69) is 0 Å². The number of aliphatic hydroxyl groups excluding tert-OH is 1. The first-order chi connectivity index (χ1) is 6.59. The Hall–Kier alpha value is -0.860. The predicted molar refractivity (Wildman–Crippen MR) is 54.7 cm³/mol. The van der Waals surface area contributed by atoms with Gasteiger partial charge in [0.05, 0.1) is 12.0 Å². The molecule has 2 nitrogen and oxygen atoms in total. The molecule has 1 aromatic rings. The van der Waals surface area contributed by atoms with E-state index in [1.807, 2.05) is 6.07 Å². The second kappa shape index (κ2) is 3.37. The van der Waals surface area contributed by atoms with Gasteiger partial charge in [-0.2, -0.15) is 0 Å². The third-order valence-electron chi connectivity index (χ3n) is 2.70. The third-order valence-corrected chi connectivity index (χ3v) is 2.93. The normalized spacial score (nSPS) is 22.2. The van der Waals surface area contributed by atoms with Crippen LogP contribution in [0.25, 0.3) is 0 Å². The Labute approximate surface area is 87.5 Å². The van der Waals surface area contributed by atoms with E-state index in [1.54, 1.807) is 19.1 Å². The second-order valence-corrected chi connectivity index (χ2v) is 4.15. The lowest BCUT2D eigenvalue weighted by Crippen LogP contribution is -2.22. The topological polar surface area (TPSA) is 37.3 Å². The molecule has 74 valence electrons. The average Bonchev–Trinajstić information content (AvgIpc) is 2.44. The molecule has 1 aliphatic carbocycles. The zero-order valence-electron chi connectivity index (χ0n) is 7.83. The number of Topliss-reactive ketones (excluding diaryl/α,β-unsaturated/α-hetero) is 1. The number of aliphatic hydroxyl groups is 1. The van der Waals surface area contributed by atoms with Gasteiger partial charge in [-0.3, -0.25) is 4.79 Å². The second-order valence-electron chi connectivity index (χ2n) is 3.72. The van der Waals surface area contributed by atoms with Crippen LogP contribution in [0.5, 0.6) is 0 Å². The molecule has 1 aliphatic rings. The Morgan fingerprint density at radius 1 is 1.57 bits per heavy atom. The van der Waals surface area contributed by atoms with Crippen molar-refractivity contribution in [1.29, 1.82) is 0 Å². The van der Waals surface area contributed by atoms with Gasteiger partial charge in [0.1, 0.15) is 0 Å². The minimum atomic E-state index is -0.589. The molecule has 0 fully saturated rings. The number of carbonyl (C=O) groups is 1. The van der Waals surface area contributed by atoms with E-state index >= 15 is 0 Å². The summed E-state index contributed by atoms with van der Waals surface area (Å²) in [5.74, 6) is -0.277. The van der Waals surface area contributed by atoms with Crippen LogP contribution in [0.2, 0.25) is 5.02 Å². The van der Waals surface area contributed by atoms with E-state index < -0.39 is 6.10 Å². The highest BCUT2D eigenvalue weighted by atomic mass is 35.5. The van der Waals surface area contributed by atoms with Crippen molar-refractivity contribution in [3.63, 3.8) is 0 Å². The highest BCUT2D eigenvalue weighted by molar-refractivity contribution is 6.31. The smallest absolute Gasteiger partial charge is 0.169 e. The van der Waals surface area contributed by atoms with Gasteiger partial charge in [-0.05, 0) is 31.0 Å². The minimum Gasteiger partial charge on any atom is -0.393 e. The van der Waals surface area contributed by atoms with Gasteiger partial charge in [-0.15, -0.1) is 0 Å². The van der Waals surface area contributed by atoms with E-state index in [9.17, 15) is 9.90 Å². The molecular weight excluding hydrogens is 200 g/mol. The average molecular weight is 211 g/mol. The summed E-state index contributed by atoms with van der Waals surface area (Å²) in [6.45, 7) is 1.65.